The highest BCUT2D eigenvalue weighted by Crippen LogP contribution is 2.37. The molecule has 88 valence electrons. The summed E-state index contributed by atoms with van der Waals surface area (Å²) in [7, 11) is 0. The first kappa shape index (κ1) is 10.7. The molecule has 0 bridgehead atoms. The smallest absolute Gasteiger partial charge is 0.154 e. The van der Waals surface area contributed by atoms with Crippen LogP contribution >= 0.6 is 0 Å². The maximum absolute atomic E-state index is 9.34. The number of aliphatic hydroxyl groups is 1. The fraction of sp³-hybridized carbons (Fsp3) is 0.462. The second-order valence-corrected chi connectivity index (χ2v) is 4.73. The number of nitrogens with zero attached hydrogens (tertiary/aromatic N) is 1. The van der Waals surface area contributed by atoms with Gasteiger partial charge in [0, 0.05) is 6.42 Å². The number of hydrogen-bond acceptors (Lipinski definition) is 4. The second-order valence-electron chi connectivity index (χ2n) is 4.73. The summed E-state index contributed by atoms with van der Waals surface area (Å²) in [6, 6.07) is 10.3. The van der Waals surface area contributed by atoms with E-state index in [1.165, 1.54) is 11.1 Å². The maximum Gasteiger partial charge on any atom is 0.154 e. The largest absolute Gasteiger partial charge is 0.393 e. The van der Waals surface area contributed by atoms with Crippen molar-refractivity contribution in [2.24, 2.45) is 0 Å². The van der Waals surface area contributed by atoms with Crippen LogP contribution in [0.5, 0.6) is 0 Å². The van der Waals surface area contributed by atoms with Gasteiger partial charge in [-0.25, -0.2) is 0 Å². The molecular formula is C13H14N2O2. The molecule has 1 heterocycles. The van der Waals surface area contributed by atoms with Crippen LogP contribution in [0.4, 0.5) is 0 Å². The summed E-state index contributed by atoms with van der Waals surface area (Å²) in [5, 5.41) is 21.7. The average molecular weight is 230 g/mol. The topological polar surface area (TPSA) is 65.3 Å². The third-order valence-corrected chi connectivity index (χ3v) is 3.64. The minimum absolute atomic E-state index is 0.0201. The number of nitrogens with one attached hydrogen (secondary N) is 1. The molecule has 17 heavy (non-hydrogen) atoms. The van der Waals surface area contributed by atoms with Crippen LogP contribution in [0, 0.1) is 11.3 Å². The van der Waals surface area contributed by atoms with Crippen molar-refractivity contribution in [1.82, 2.24) is 5.32 Å². The maximum atomic E-state index is 9.34. The Balaban J connectivity index is 1.94. The van der Waals surface area contributed by atoms with Crippen LogP contribution in [0.25, 0.3) is 0 Å². The van der Waals surface area contributed by atoms with Gasteiger partial charge in [0.2, 0.25) is 0 Å². The highest BCUT2D eigenvalue weighted by atomic mass is 16.5. The van der Waals surface area contributed by atoms with Gasteiger partial charge in [-0.2, -0.15) is 5.26 Å². The van der Waals surface area contributed by atoms with E-state index in [-0.39, 0.29) is 25.4 Å². The van der Waals surface area contributed by atoms with Gasteiger partial charge < -0.3 is 9.84 Å². The van der Waals surface area contributed by atoms with E-state index < -0.39 is 5.54 Å². The molecule has 0 radical (unpaired) electrons. The summed E-state index contributed by atoms with van der Waals surface area (Å²) in [5.74, 6) is 0. The molecule has 1 aliphatic carbocycles. The van der Waals surface area contributed by atoms with Crippen molar-refractivity contribution in [1.29, 1.82) is 5.26 Å². The Morgan fingerprint density at radius 1 is 1.53 bits per heavy atom. The lowest BCUT2D eigenvalue weighted by molar-refractivity contribution is -0.0530. The number of hydrogen-bond donors (Lipinski definition) is 2. The van der Waals surface area contributed by atoms with Crippen LogP contribution in [0.3, 0.4) is 0 Å². The third kappa shape index (κ3) is 1.55. The van der Waals surface area contributed by atoms with E-state index in [1.54, 1.807) is 0 Å². The van der Waals surface area contributed by atoms with Gasteiger partial charge in [0.25, 0.3) is 0 Å². The molecule has 3 atom stereocenters. The lowest BCUT2D eigenvalue weighted by atomic mass is 9.97. The number of benzene rings is 1. The highest BCUT2D eigenvalue weighted by Gasteiger charge is 2.45. The third-order valence-electron chi connectivity index (χ3n) is 3.64. The average Bonchev–Trinajstić information content (AvgIpc) is 2.76. The zero-order valence-corrected chi connectivity index (χ0v) is 9.39. The molecule has 0 amide bonds. The number of aliphatic hydroxyl groups excluding tert-OH is 1. The van der Waals surface area contributed by atoms with Gasteiger partial charge in [-0.15, -0.1) is 0 Å². The molecule has 2 aliphatic rings. The monoisotopic (exact) mass is 230 g/mol. The molecule has 0 aromatic heterocycles. The lowest BCUT2D eigenvalue weighted by Gasteiger charge is -2.38. The normalized spacial score (nSPS) is 34.8. The Morgan fingerprint density at radius 2 is 2.35 bits per heavy atom. The number of morpholine rings is 1. The fourth-order valence-electron chi connectivity index (χ4n) is 2.66. The van der Waals surface area contributed by atoms with Crippen LogP contribution in [0.15, 0.2) is 24.3 Å². The highest BCUT2D eigenvalue weighted by molar-refractivity contribution is 5.38. The van der Waals surface area contributed by atoms with Crippen LogP contribution in [0.1, 0.15) is 17.2 Å². The van der Waals surface area contributed by atoms with E-state index in [9.17, 15) is 5.11 Å². The minimum atomic E-state index is -0.960. The van der Waals surface area contributed by atoms with E-state index in [1.807, 2.05) is 12.1 Å². The molecule has 1 aliphatic heterocycles. The molecule has 0 spiro atoms. The van der Waals surface area contributed by atoms with Crippen molar-refractivity contribution in [2.75, 3.05) is 13.2 Å². The Morgan fingerprint density at radius 3 is 3.12 bits per heavy atom. The second kappa shape index (κ2) is 3.81. The van der Waals surface area contributed by atoms with Crippen molar-refractivity contribution in [3.8, 4) is 6.07 Å². The summed E-state index contributed by atoms with van der Waals surface area (Å²) in [6.07, 6.45) is 0.959. The molecule has 4 heteroatoms. The first-order valence-corrected chi connectivity index (χ1v) is 5.77. The lowest BCUT2D eigenvalue weighted by Crippen LogP contribution is -2.59. The van der Waals surface area contributed by atoms with Crippen molar-refractivity contribution in [3.05, 3.63) is 35.4 Å². The van der Waals surface area contributed by atoms with E-state index in [4.69, 9.17) is 10.00 Å². The first-order valence-electron chi connectivity index (χ1n) is 5.77. The van der Waals surface area contributed by atoms with Gasteiger partial charge >= 0.3 is 0 Å². The minimum Gasteiger partial charge on any atom is -0.393 e. The summed E-state index contributed by atoms with van der Waals surface area (Å²) < 4.78 is 5.74. The number of fused-ring (bicyclic) bond motifs is 3. The van der Waals surface area contributed by atoms with E-state index in [0.29, 0.717) is 0 Å². The Bertz CT molecular complexity index is 483. The first-order chi connectivity index (χ1) is 8.28. The standard InChI is InChI=1S/C13H14N2O2/c14-6-13(7-16)8-17-11-5-9-3-1-2-4-10(9)12(11)15-13/h1-4,11-12,15-16H,5,7-8H2/t11-,12-,13+/m1/s1. The van der Waals surface area contributed by atoms with Gasteiger partial charge in [0.1, 0.15) is 0 Å². The molecule has 3 rings (SSSR count). The Hall–Kier alpha value is -1.41. The molecule has 0 unspecified atom stereocenters. The fourth-order valence-corrected chi connectivity index (χ4v) is 2.66. The predicted molar refractivity (Wildman–Crippen MR) is 61.2 cm³/mol. The van der Waals surface area contributed by atoms with Crippen LogP contribution in [-0.4, -0.2) is 30.0 Å². The van der Waals surface area contributed by atoms with Crippen molar-refractivity contribution in [2.45, 2.75) is 24.1 Å². The van der Waals surface area contributed by atoms with Gasteiger partial charge in [0.05, 0.1) is 31.4 Å². The predicted octanol–water partition coefficient (Wildman–Crippen LogP) is 0.527. The molecule has 1 fully saturated rings. The van der Waals surface area contributed by atoms with Crippen molar-refractivity contribution < 1.29 is 9.84 Å². The molecule has 4 nitrogen and oxygen atoms in total. The van der Waals surface area contributed by atoms with Crippen molar-refractivity contribution in [3.63, 3.8) is 0 Å². The Labute approximate surface area is 99.8 Å². The van der Waals surface area contributed by atoms with Crippen LogP contribution in [-0.2, 0) is 11.2 Å². The summed E-state index contributed by atoms with van der Waals surface area (Å²) in [5.41, 5.74) is 1.49. The number of rotatable bonds is 1. The van der Waals surface area contributed by atoms with Gasteiger partial charge in [0.15, 0.2) is 5.54 Å². The van der Waals surface area contributed by atoms with Gasteiger partial charge in [-0.05, 0) is 11.1 Å². The molecule has 2 N–H and O–H groups in total. The molecular weight excluding hydrogens is 216 g/mol. The van der Waals surface area contributed by atoms with E-state index in [0.717, 1.165) is 6.42 Å². The quantitative estimate of drug-likeness (QED) is 0.738. The van der Waals surface area contributed by atoms with E-state index >= 15 is 0 Å². The van der Waals surface area contributed by atoms with Crippen LogP contribution < -0.4 is 5.32 Å². The van der Waals surface area contributed by atoms with Gasteiger partial charge in [-0.1, -0.05) is 24.3 Å². The van der Waals surface area contributed by atoms with Crippen molar-refractivity contribution >= 4 is 0 Å². The zero-order valence-electron chi connectivity index (χ0n) is 9.39. The summed E-state index contributed by atoms with van der Waals surface area (Å²) in [4.78, 5) is 0. The van der Waals surface area contributed by atoms with Crippen LogP contribution in [0.2, 0.25) is 0 Å². The summed E-state index contributed by atoms with van der Waals surface area (Å²) in [6.45, 7) is 0.0179. The SMILES string of the molecule is N#C[C@]1(CO)CO[C@@H]2Cc3ccccc3[C@H]2N1. The Kier molecular flexibility index (Phi) is 2.40. The molecule has 1 aromatic carbocycles. The number of ether oxygens (including phenoxy) is 1. The summed E-state index contributed by atoms with van der Waals surface area (Å²) >= 11 is 0. The van der Waals surface area contributed by atoms with Gasteiger partial charge in [-0.3, -0.25) is 5.32 Å². The molecule has 1 saturated heterocycles. The number of nitriles is 1. The zero-order chi connectivity index (χ0) is 11.9. The van der Waals surface area contributed by atoms with E-state index in [2.05, 4.69) is 23.5 Å². The molecule has 0 saturated carbocycles. The molecule has 1 aromatic rings.